The number of nitrogens with zero attached hydrogens (tertiary/aromatic N) is 1. The number of alkyl halides is 2. The average Bonchev–Trinajstić information content (AvgIpc) is 2.59. The normalized spacial score (nSPS) is 13.3. The highest BCUT2D eigenvalue weighted by Gasteiger charge is 2.35. The first-order valence-electron chi connectivity index (χ1n) is 7.85. The number of carbonyl (C=O) groups is 1. The summed E-state index contributed by atoms with van der Waals surface area (Å²) < 4.78 is 32.2. The quantitative estimate of drug-likeness (QED) is 0.785. The Kier molecular flexibility index (Phi) is 6.18. The van der Waals surface area contributed by atoms with Crippen LogP contribution in [-0.4, -0.2) is 22.9 Å². The first kappa shape index (κ1) is 20.4. The van der Waals surface area contributed by atoms with Gasteiger partial charge in [0.2, 0.25) is 5.56 Å². The Morgan fingerprint density at radius 2 is 2.07 bits per heavy atom. The van der Waals surface area contributed by atoms with Crippen molar-refractivity contribution in [1.29, 1.82) is 5.26 Å². The maximum absolute atomic E-state index is 13.2. The monoisotopic (exact) mass is 395 g/mol. The van der Waals surface area contributed by atoms with Crippen molar-refractivity contribution in [3.8, 4) is 11.8 Å². The summed E-state index contributed by atoms with van der Waals surface area (Å²) in [5.74, 6) is -4.74. The molecule has 2 aromatic rings. The van der Waals surface area contributed by atoms with Gasteiger partial charge in [0.1, 0.15) is 17.9 Å². The Balaban J connectivity index is 2.33. The molecule has 142 valence electrons. The molecule has 0 aliphatic rings. The summed E-state index contributed by atoms with van der Waals surface area (Å²) >= 11 is 5.98. The van der Waals surface area contributed by atoms with Crippen LogP contribution in [0.2, 0.25) is 5.02 Å². The lowest BCUT2D eigenvalue weighted by Gasteiger charge is -2.27. The Morgan fingerprint density at radius 1 is 1.37 bits per heavy atom. The highest BCUT2D eigenvalue weighted by Crippen LogP contribution is 2.28. The Hall–Kier alpha value is -2.92. The molecule has 0 saturated carbocycles. The van der Waals surface area contributed by atoms with Crippen molar-refractivity contribution in [2.24, 2.45) is 0 Å². The molecule has 0 unspecified atom stereocenters. The zero-order chi connectivity index (χ0) is 20.2. The number of pyridine rings is 1. The van der Waals surface area contributed by atoms with Crippen LogP contribution in [0, 0.1) is 11.3 Å². The topological polar surface area (TPSA) is 95.0 Å². The van der Waals surface area contributed by atoms with E-state index in [1.54, 1.807) is 0 Å². The van der Waals surface area contributed by atoms with Gasteiger partial charge in [-0.1, -0.05) is 11.6 Å². The van der Waals surface area contributed by atoms with Gasteiger partial charge in [-0.05, 0) is 25.1 Å². The van der Waals surface area contributed by atoms with Crippen molar-refractivity contribution in [1.82, 2.24) is 10.3 Å². The molecule has 0 spiro atoms. The van der Waals surface area contributed by atoms with Gasteiger partial charge in [-0.25, -0.2) is 0 Å². The smallest absolute Gasteiger partial charge is 0.321 e. The van der Waals surface area contributed by atoms with Crippen molar-refractivity contribution in [3.63, 3.8) is 0 Å². The molecule has 0 radical (unpaired) electrons. The van der Waals surface area contributed by atoms with Crippen LogP contribution in [0.5, 0.6) is 5.75 Å². The summed E-state index contributed by atoms with van der Waals surface area (Å²) in [6, 6.07) is 8.10. The molecule has 1 aromatic carbocycles. The van der Waals surface area contributed by atoms with E-state index in [1.807, 2.05) is 6.07 Å². The van der Waals surface area contributed by atoms with Crippen molar-refractivity contribution < 1.29 is 18.3 Å². The molecular formula is C18H16ClF2N3O3. The minimum Gasteiger partial charge on any atom is -0.483 e. The zero-order valence-corrected chi connectivity index (χ0v) is 15.2. The number of halogens is 3. The fraction of sp³-hybridized carbons (Fsp3) is 0.278. The van der Waals surface area contributed by atoms with Gasteiger partial charge in [0.05, 0.1) is 16.6 Å². The maximum Gasteiger partial charge on any atom is 0.321 e. The summed E-state index contributed by atoms with van der Waals surface area (Å²) in [6.07, 6.45) is 0.461. The fourth-order valence-corrected chi connectivity index (χ4v) is 2.49. The highest BCUT2D eigenvalue weighted by atomic mass is 35.5. The lowest BCUT2D eigenvalue weighted by atomic mass is 10.0. The molecule has 2 rings (SSSR count). The van der Waals surface area contributed by atoms with Gasteiger partial charge in [-0.15, -0.1) is 0 Å². The Bertz CT molecular complexity index is 914. The van der Waals surface area contributed by atoms with Gasteiger partial charge in [0, 0.05) is 30.8 Å². The third-order valence-electron chi connectivity index (χ3n) is 3.67. The van der Waals surface area contributed by atoms with Crippen LogP contribution in [0.3, 0.4) is 0 Å². The molecule has 27 heavy (non-hydrogen) atoms. The molecule has 1 amide bonds. The molecule has 0 aliphatic carbocycles. The number of hydrogen-bond donors (Lipinski definition) is 2. The van der Waals surface area contributed by atoms with E-state index in [9.17, 15) is 18.4 Å². The van der Waals surface area contributed by atoms with Gasteiger partial charge in [-0.3, -0.25) is 9.59 Å². The van der Waals surface area contributed by atoms with Crippen LogP contribution < -0.4 is 15.6 Å². The van der Waals surface area contributed by atoms with E-state index >= 15 is 0 Å². The first-order chi connectivity index (χ1) is 12.6. The van der Waals surface area contributed by atoms with E-state index in [0.29, 0.717) is 12.5 Å². The summed E-state index contributed by atoms with van der Waals surface area (Å²) in [6.45, 7) is 1.98. The largest absolute Gasteiger partial charge is 0.483 e. The number of rotatable bonds is 6. The van der Waals surface area contributed by atoms with Gasteiger partial charge < -0.3 is 15.0 Å². The molecule has 1 heterocycles. The van der Waals surface area contributed by atoms with Crippen molar-refractivity contribution >= 4 is 17.5 Å². The van der Waals surface area contributed by atoms with E-state index in [0.717, 1.165) is 0 Å². The van der Waals surface area contributed by atoms with E-state index < -0.39 is 24.0 Å². The minimum atomic E-state index is -3.55. The van der Waals surface area contributed by atoms with E-state index in [-0.39, 0.29) is 21.9 Å². The first-order valence-corrected chi connectivity index (χ1v) is 8.23. The van der Waals surface area contributed by atoms with Crippen molar-refractivity contribution in [2.45, 2.75) is 31.9 Å². The number of aromatic nitrogens is 1. The molecular weight excluding hydrogens is 380 g/mol. The maximum atomic E-state index is 13.2. The molecule has 9 heteroatoms. The number of benzene rings is 1. The number of hydrogen-bond acceptors (Lipinski definition) is 4. The van der Waals surface area contributed by atoms with Crippen LogP contribution in [0.15, 0.2) is 41.3 Å². The van der Waals surface area contributed by atoms with Gasteiger partial charge >= 0.3 is 5.92 Å². The lowest BCUT2D eigenvalue weighted by Crippen LogP contribution is -2.46. The van der Waals surface area contributed by atoms with Crippen molar-refractivity contribution in [3.05, 3.63) is 63.0 Å². The van der Waals surface area contributed by atoms with E-state index in [1.165, 1.54) is 43.5 Å². The van der Waals surface area contributed by atoms with Crippen LogP contribution in [-0.2, 0) is 4.79 Å². The molecule has 0 aliphatic heterocycles. The SMILES string of the molecule is C[C@H](NC(=O)C(C)(F)F)[C@H](Oc1ccc(C#N)c(Cl)c1)c1ccc(=O)[nH]c1. The highest BCUT2D eigenvalue weighted by molar-refractivity contribution is 6.31. The molecule has 2 N–H and O–H groups in total. The van der Waals surface area contributed by atoms with Gasteiger partial charge in [0.15, 0.2) is 0 Å². The average molecular weight is 396 g/mol. The minimum absolute atomic E-state index is 0.159. The Morgan fingerprint density at radius 3 is 2.59 bits per heavy atom. The number of carbonyl (C=O) groups excluding carboxylic acids is 1. The fourth-order valence-electron chi connectivity index (χ4n) is 2.27. The predicted octanol–water partition coefficient (Wildman–Crippen LogP) is 3.18. The number of aromatic amines is 1. The van der Waals surface area contributed by atoms with Gasteiger partial charge in [-0.2, -0.15) is 14.0 Å². The number of ether oxygens (including phenoxy) is 1. The van der Waals surface area contributed by atoms with E-state index in [2.05, 4.69) is 10.3 Å². The van der Waals surface area contributed by atoms with Gasteiger partial charge in [0.25, 0.3) is 5.91 Å². The summed E-state index contributed by atoms with van der Waals surface area (Å²) in [5, 5.41) is 11.3. The van der Waals surface area contributed by atoms with Crippen molar-refractivity contribution in [2.75, 3.05) is 0 Å². The summed E-state index contributed by atoms with van der Waals surface area (Å²) in [5.41, 5.74) is 0.342. The van der Waals surface area contributed by atoms with Crippen LogP contribution in [0.1, 0.15) is 31.1 Å². The second kappa shape index (κ2) is 8.18. The van der Waals surface area contributed by atoms with Crippen LogP contribution in [0.4, 0.5) is 8.78 Å². The lowest BCUT2D eigenvalue weighted by molar-refractivity contribution is -0.144. The molecule has 2 atom stereocenters. The molecule has 6 nitrogen and oxygen atoms in total. The second-order valence-corrected chi connectivity index (χ2v) is 6.34. The van der Waals surface area contributed by atoms with Crippen LogP contribution >= 0.6 is 11.6 Å². The summed E-state index contributed by atoms with van der Waals surface area (Å²) in [4.78, 5) is 25.4. The predicted molar refractivity (Wildman–Crippen MR) is 94.8 cm³/mol. The standard InChI is InChI=1S/C18H16ClF2N3O3/c1-10(24-17(26)18(2,20)21)16(12-4-6-15(25)23-9-12)27-13-5-3-11(8-22)14(19)7-13/h3-7,9-10,16H,1-2H3,(H,23,25)(H,24,26)/t10-,16-/m0/s1. The molecule has 0 saturated heterocycles. The van der Waals surface area contributed by atoms with E-state index in [4.69, 9.17) is 21.6 Å². The molecule has 0 fully saturated rings. The number of nitrogens with one attached hydrogen (secondary N) is 2. The number of nitriles is 1. The van der Waals surface area contributed by atoms with Crippen LogP contribution in [0.25, 0.3) is 0 Å². The Labute approximate surface area is 158 Å². The third-order valence-corrected chi connectivity index (χ3v) is 3.99. The number of H-pyrrole nitrogens is 1. The number of amides is 1. The second-order valence-electron chi connectivity index (χ2n) is 5.93. The zero-order valence-electron chi connectivity index (χ0n) is 14.4. The third kappa shape index (κ3) is 5.28. The molecule has 1 aromatic heterocycles. The molecule has 0 bridgehead atoms. The summed E-state index contributed by atoms with van der Waals surface area (Å²) in [7, 11) is 0.